The molecule has 3 heteroatoms. The van der Waals surface area contributed by atoms with Gasteiger partial charge in [-0.2, -0.15) is 0 Å². The molecule has 0 unspecified atom stereocenters. The summed E-state index contributed by atoms with van der Waals surface area (Å²) in [6.45, 7) is 7.64. The van der Waals surface area contributed by atoms with Gasteiger partial charge in [-0.15, -0.1) is 0 Å². The third-order valence-corrected chi connectivity index (χ3v) is 3.21. The highest BCUT2D eigenvalue weighted by molar-refractivity contribution is 5.74. The topological polar surface area (TPSA) is 33.2 Å². The third-order valence-electron chi connectivity index (χ3n) is 3.21. The van der Waals surface area contributed by atoms with E-state index in [4.69, 9.17) is 0 Å². The number of carbonyl (C=O) groups excluding carboxylic acids is 1. The van der Waals surface area contributed by atoms with E-state index in [0.717, 1.165) is 13.1 Å². The molecular formula is C13H18N2O. The molecule has 0 radical (unpaired) electrons. The van der Waals surface area contributed by atoms with Crippen LogP contribution in [-0.4, -0.2) is 28.9 Å². The molecule has 1 aliphatic rings. The number of carbonyl (C=O) groups is 1. The van der Waals surface area contributed by atoms with Crippen LogP contribution in [0.2, 0.25) is 0 Å². The zero-order chi connectivity index (χ0) is 11.7. The second kappa shape index (κ2) is 4.24. The minimum atomic E-state index is 0.165. The first kappa shape index (κ1) is 11.1. The van der Waals surface area contributed by atoms with E-state index in [-0.39, 0.29) is 5.91 Å². The van der Waals surface area contributed by atoms with Crippen LogP contribution in [0, 0.1) is 0 Å². The van der Waals surface area contributed by atoms with Crippen LogP contribution in [0.3, 0.4) is 0 Å². The van der Waals surface area contributed by atoms with Gasteiger partial charge in [0.15, 0.2) is 0 Å². The molecule has 1 aromatic heterocycles. The zero-order valence-electron chi connectivity index (χ0n) is 10.1. The number of amides is 1. The summed E-state index contributed by atoms with van der Waals surface area (Å²) >= 11 is 0. The smallest absolute Gasteiger partial charge is 0.219 e. The van der Waals surface area contributed by atoms with E-state index in [1.807, 2.05) is 17.2 Å². The maximum Gasteiger partial charge on any atom is 0.219 e. The molecule has 0 spiro atoms. The van der Waals surface area contributed by atoms with Crippen molar-refractivity contribution in [3.8, 4) is 0 Å². The van der Waals surface area contributed by atoms with Gasteiger partial charge in [0.05, 0.1) is 5.69 Å². The minimum absolute atomic E-state index is 0.165. The molecule has 0 aliphatic carbocycles. The van der Waals surface area contributed by atoms with E-state index < -0.39 is 0 Å². The molecular weight excluding hydrogens is 200 g/mol. The number of hydrogen-bond donors (Lipinski definition) is 0. The molecule has 0 atom stereocenters. The Labute approximate surface area is 96.5 Å². The Morgan fingerprint density at radius 2 is 2.19 bits per heavy atom. The molecule has 1 amide bonds. The molecule has 0 saturated carbocycles. The Hall–Kier alpha value is -1.38. The van der Waals surface area contributed by atoms with Gasteiger partial charge in [0, 0.05) is 32.1 Å². The molecule has 3 nitrogen and oxygen atoms in total. The van der Waals surface area contributed by atoms with Crippen molar-refractivity contribution in [1.82, 2.24) is 9.88 Å². The SMILES string of the molecule is CC(=O)N1CC(c2ncccc2C(C)C)C1. The Balaban J connectivity index is 2.14. The summed E-state index contributed by atoms with van der Waals surface area (Å²) in [5.74, 6) is 1.09. The van der Waals surface area contributed by atoms with Crippen LogP contribution >= 0.6 is 0 Å². The Morgan fingerprint density at radius 3 is 2.75 bits per heavy atom. The summed E-state index contributed by atoms with van der Waals surface area (Å²) in [5, 5.41) is 0. The predicted octanol–water partition coefficient (Wildman–Crippen LogP) is 2.15. The van der Waals surface area contributed by atoms with Crippen molar-refractivity contribution < 1.29 is 4.79 Å². The molecule has 1 fully saturated rings. The highest BCUT2D eigenvalue weighted by Crippen LogP contribution is 2.30. The maximum absolute atomic E-state index is 11.1. The lowest BCUT2D eigenvalue weighted by Crippen LogP contribution is -2.48. The first-order chi connectivity index (χ1) is 7.59. The van der Waals surface area contributed by atoms with E-state index in [9.17, 15) is 4.79 Å². The normalized spacial score (nSPS) is 16.4. The number of aromatic nitrogens is 1. The fraction of sp³-hybridized carbons (Fsp3) is 0.538. The number of pyridine rings is 1. The van der Waals surface area contributed by atoms with Crippen molar-refractivity contribution in [3.63, 3.8) is 0 Å². The van der Waals surface area contributed by atoms with E-state index >= 15 is 0 Å². The number of rotatable bonds is 2. The van der Waals surface area contributed by atoms with Crippen LogP contribution in [0.25, 0.3) is 0 Å². The largest absolute Gasteiger partial charge is 0.341 e. The van der Waals surface area contributed by atoms with Crippen LogP contribution in [0.4, 0.5) is 0 Å². The fourth-order valence-corrected chi connectivity index (χ4v) is 2.17. The zero-order valence-corrected chi connectivity index (χ0v) is 10.1. The lowest BCUT2D eigenvalue weighted by molar-refractivity contribution is -0.133. The van der Waals surface area contributed by atoms with E-state index in [2.05, 4.69) is 24.9 Å². The van der Waals surface area contributed by atoms with Crippen LogP contribution in [0.1, 0.15) is 43.9 Å². The molecule has 1 aliphatic heterocycles. The van der Waals surface area contributed by atoms with Gasteiger partial charge in [-0.3, -0.25) is 9.78 Å². The van der Waals surface area contributed by atoms with Crippen LogP contribution in [0.15, 0.2) is 18.3 Å². The van der Waals surface area contributed by atoms with Crippen molar-refractivity contribution in [1.29, 1.82) is 0 Å². The van der Waals surface area contributed by atoms with Crippen molar-refractivity contribution in [2.45, 2.75) is 32.6 Å². The summed E-state index contributed by atoms with van der Waals surface area (Å²) in [6.07, 6.45) is 1.84. The van der Waals surface area contributed by atoms with Crippen LogP contribution in [0.5, 0.6) is 0 Å². The van der Waals surface area contributed by atoms with Crippen molar-refractivity contribution in [3.05, 3.63) is 29.6 Å². The fourth-order valence-electron chi connectivity index (χ4n) is 2.17. The van der Waals surface area contributed by atoms with Gasteiger partial charge >= 0.3 is 0 Å². The summed E-state index contributed by atoms with van der Waals surface area (Å²) in [4.78, 5) is 17.5. The maximum atomic E-state index is 11.1. The number of hydrogen-bond acceptors (Lipinski definition) is 2. The molecule has 86 valence electrons. The first-order valence-electron chi connectivity index (χ1n) is 5.80. The lowest BCUT2D eigenvalue weighted by atomic mass is 9.88. The van der Waals surface area contributed by atoms with Gasteiger partial charge in [-0.05, 0) is 17.5 Å². The van der Waals surface area contributed by atoms with Crippen molar-refractivity contribution in [2.24, 2.45) is 0 Å². The minimum Gasteiger partial charge on any atom is -0.341 e. The predicted molar refractivity (Wildman–Crippen MR) is 63.3 cm³/mol. The summed E-state index contributed by atoms with van der Waals surface area (Å²) in [5.41, 5.74) is 2.49. The Bertz CT molecular complexity index is 395. The Kier molecular flexibility index (Phi) is 2.95. The average molecular weight is 218 g/mol. The van der Waals surface area contributed by atoms with Gasteiger partial charge in [-0.25, -0.2) is 0 Å². The number of nitrogens with zero attached hydrogens (tertiary/aromatic N) is 2. The second-order valence-electron chi connectivity index (χ2n) is 4.75. The van der Waals surface area contributed by atoms with E-state index in [1.54, 1.807) is 6.92 Å². The summed E-state index contributed by atoms with van der Waals surface area (Å²) in [7, 11) is 0. The van der Waals surface area contributed by atoms with Crippen molar-refractivity contribution in [2.75, 3.05) is 13.1 Å². The summed E-state index contributed by atoms with van der Waals surface area (Å²) < 4.78 is 0. The van der Waals surface area contributed by atoms with Crippen LogP contribution < -0.4 is 0 Å². The van der Waals surface area contributed by atoms with Gasteiger partial charge in [-0.1, -0.05) is 19.9 Å². The highest BCUT2D eigenvalue weighted by Gasteiger charge is 2.32. The quantitative estimate of drug-likeness (QED) is 0.762. The molecule has 2 heterocycles. The van der Waals surface area contributed by atoms with Gasteiger partial charge in [0.25, 0.3) is 0 Å². The standard InChI is InChI=1S/C13H18N2O/c1-9(2)12-5-4-6-14-13(12)11-7-15(8-11)10(3)16/h4-6,9,11H,7-8H2,1-3H3. The second-order valence-corrected chi connectivity index (χ2v) is 4.75. The van der Waals surface area contributed by atoms with Crippen molar-refractivity contribution >= 4 is 5.91 Å². The summed E-state index contributed by atoms with van der Waals surface area (Å²) in [6, 6.07) is 4.13. The third kappa shape index (κ3) is 1.94. The molecule has 2 rings (SSSR count). The molecule has 0 N–H and O–H groups in total. The van der Waals surface area contributed by atoms with Gasteiger partial charge in [0.1, 0.15) is 0 Å². The molecule has 0 aromatic carbocycles. The molecule has 1 saturated heterocycles. The van der Waals surface area contributed by atoms with Gasteiger partial charge < -0.3 is 4.90 Å². The first-order valence-corrected chi connectivity index (χ1v) is 5.80. The van der Waals surface area contributed by atoms with Crippen LogP contribution in [-0.2, 0) is 4.79 Å². The average Bonchev–Trinajstić information content (AvgIpc) is 2.15. The molecule has 16 heavy (non-hydrogen) atoms. The monoisotopic (exact) mass is 218 g/mol. The Morgan fingerprint density at radius 1 is 1.50 bits per heavy atom. The highest BCUT2D eigenvalue weighted by atomic mass is 16.2. The van der Waals surface area contributed by atoms with E-state index in [1.165, 1.54) is 11.3 Å². The number of likely N-dealkylation sites (tertiary alicyclic amines) is 1. The molecule has 0 bridgehead atoms. The van der Waals surface area contributed by atoms with E-state index in [0.29, 0.717) is 11.8 Å². The van der Waals surface area contributed by atoms with Gasteiger partial charge in [0.2, 0.25) is 5.91 Å². The molecule has 1 aromatic rings. The lowest BCUT2D eigenvalue weighted by Gasteiger charge is -2.39.